The van der Waals surface area contributed by atoms with Crippen LogP contribution in [0.4, 0.5) is 5.95 Å². The summed E-state index contributed by atoms with van der Waals surface area (Å²) in [5, 5.41) is 3.24. The van der Waals surface area contributed by atoms with Gasteiger partial charge in [-0.15, -0.1) is 0 Å². The molecule has 2 aromatic rings. The number of amides is 1. The summed E-state index contributed by atoms with van der Waals surface area (Å²) in [5.41, 5.74) is 9.60. The van der Waals surface area contributed by atoms with Crippen LogP contribution in [-0.2, 0) is 4.79 Å². The second kappa shape index (κ2) is 9.92. The predicted octanol–water partition coefficient (Wildman–Crippen LogP) is 2.64. The standard InChI is InChI=1S/C24H35N7O/c1-15(2)20-13-21(30-29-20)23(32)27-18-7-11-31(12-8-18)24-26-14-19(22(28-24)16(3)4)17-5-9-25-10-6-17/h5-6,9-10,14-16,18,20-21,29-30H,7-8,11-13H2,1-4H3,(H,27,32). The summed E-state index contributed by atoms with van der Waals surface area (Å²) >= 11 is 0. The first-order valence-electron chi connectivity index (χ1n) is 11.8. The fraction of sp³-hybridized carbons (Fsp3) is 0.583. The first-order chi connectivity index (χ1) is 15.4. The molecule has 3 N–H and O–H groups in total. The number of carbonyl (C=O) groups is 1. The molecular formula is C24H35N7O. The maximum Gasteiger partial charge on any atom is 0.238 e. The van der Waals surface area contributed by atoms with E-state index in [9.17, 15) is 4.79 Å². The maximum atomic E-state index is 12.7. The number of nitrogens with zero attached hydrogens (tertiary/aromatic N) is 4. The first kappa shape index (κ1) is 22.6. The first-order valence-corrected chi connectivity index (χ1v) is 11.8. The molecule has 2 aromatic heterocycles. The molecule has 4 heterocycles. The van der Waals surface area contributed by atoms with Gasteiger partial charge in [0.25, 0.3) is 0 Å². The van der Waals surface area contributed by atoms with Gasteiger partial charge in [0.1, 0.15) is 6.04 Å². The molecule has 32 heavy (non-hydrogen) atoms. The Morgan fingerprint density at radius 3 is 2.47 bits per heavy atom. The van der Waals surface area contributed by atoms with E-state index < -0.39 is 0 Å². The highest BCUT2D eigenvalue weighted by atomic mass is 16.2. The third kappa shape index (κ3) is 5.07. The van der Waals surface area contributed by atoms with Gasteiger partial charge in [0.15, 0.2) is 0 Å². The Kier molecular flexibility index (Phi) is 7.01. The zero-order valence-corrected chi connectivity index (χ0v) is 19.5. The van der Waals surface area contributed by atoms with Gasteiger partial charge in [0, 0.05) is 49.3 Å². The highest BCUT2D eigenvalue weighted by molar-refractivity contribution is 5.82. The lowest BCUT2D eigenvalue weighted by molar-refractivity contribution is -0.123. The molecule has 8 nitrogen and oxygen atoms in total. The van der Waals surface area contributed by atoms with Gasteiger partial charge < -0.3 is 10.2 Å². The molecule has 0 aromatic carbocycles. The number of hydrogen-bond acceptors (Lipinski definition) is 7. The van der Waals surface area contributed by atoms with E-state index in [4.69, 9.17) is 4.98 Å². The van der Waals surface area contributed by atoms with Crippen LogP contribution in [0.5, 0.6) is 0 Å². The summed E-state index contributed by atoms with van der Waals surface area (Å²) in [5.74, 6) is 1.67. The van der Waals surface area contributed by atoms with Crippen molar-refractivity contribution < 1.29 is 4.79 Å². The molecule has 2 aliphatic rings. The maximum absolute atomic E-state index is 12.7. The smallest absolute Gasteiger partial charge is 0.238 e. The summed E-state index contributed by atoms with van der Waals surface area (Å²) < 4.78 is 0. The van der Waals surface area contributed by atoms with Gasteiger partial charge in [0.05, 0.1) is 5.69 Å². The van der Waals surface area contributed by atoms with Crippen LogP contribution < -0.4 is 21.1 Å². The Balaban J connectivity index is 1.36. The van der Waals surface area contributed by atoms with Crippen LogP contribution in [0.1, 0.15) is 58.6 Å². The Hall–Kier alpha value is -2.58. The van der Waals surface area contributed by atoms with E-state index in [1.165, 1.54) is 0 Å². The van der Waals surface area contributed by atoms with Gasteiger partial charge in [-0.1, -0.05) is 27.7 Å². The lowest BCUT2D eigenvalue weighted by Crippen LogP contribution is -2.50. The third-order valence-corrected chi connectivity index (χ3v) is 6.52. The minimum Gasteiger partial charge on any atom is -0.352 e. The van der Waals surface area contributed by atoms with Crippen LogP contribution in [0.25, 0.3) is 11.1 Å². The third-order valence-electron chi connectivity index (χ3n) is 6.52. The zero-order valence-electron chi connectivity index (χ0n) is 19.5. The fourth-order valence-corrected chi connectivity index (χ4v) is 4.45. The monoisotopic (exact) mass is 437 g/mol. The molecule has 172 valence electrons. The number of nitrogens with one attached hydrogen (secondary N) is 3. The number of hydrogen-bond donors (Lipinski definition) is 3. The number of aromatic nitrogens is 3. The molecule has 0 radical (unpaired) electrons. The highest BCUT2D eigenvalue weighted by Gasteiger charge is 2.32. The van der Waals surface area contributed by atoms with Gasteiger partial charge in [-0.05, 0) is 48.8 Å². The molecular weight excluding hydrogens is 402 g/mol. The molecule has 0 bridgehead atoms. The number of piperidine rings is 1. The second-order valence-corrected chi connectivity index (χ2v) is 9.56. The van der Waals surface area contributed by atoms with Crippen molar-refractivity contribution in [3.63, 3.8) is 0 Å². The summed E-state index contributed by atoms with van der Waals surface area (Å²) in [6.07, 6.45) is 8.15. The molecule has 8 heteroatoms. The van der Waals surface area contributed by atoms with E-state index in [-0.39, 0.29) is 18.0 Å². The molecule has 4 rings (SSSR count). The Morgan fingerprint density at radius 2 is 1.84 bits per heavy atom. The van der Waals surface area contributed by atoms with Crippen molar-refractivity contribution in [3.05, 3.63) is 36.4 Å². The quantitative estimate of drug-likeness (QED) is 0.639. The molecule has 2 fully saturated rings. The molecule has 2 aliphatic heterocycles. The van der Waals surface area contributed by atoms with E-state index in [1.807, 2.05) is 18.3 Å². The van der Waals surface area contributed by atoms with Gasteiger partial charge in [0.2, 0.25) is 11.9 Å². The van der Waals surface area contributed by atoms with E-state index in [2.05, 4.69) is 58.7 Å². The van der Waals surface area contributed by atoms with Crippen molar-refractivity contribution in [2.75, 3.05) is 18.0 Å². The second-order valence-electron chi connectivity index (χ2n) is 9.56. The van der Waals surface area contributed by atoms with Crippen LogP contribution in [0.15, 0.2) is 30.7 Å². The zero-order chi connectivity index (χ0) is 22.7. The van der Waals surface area contributed by atoms with Crippen molar-refractivity contribution in [1.82, 2.24) is 31.1 Å². The lowest BCUT2D eigenvalue weighted by atomic mass is 9.98. The Bertz CT molecular complexity index is 910. The Morgan fingerprint density at radius 1 is 1.12 bits per heavy atom. The van der Waals surface area contributed by atoms with Crippen LogP contribution in [-0.4, -0.2) is 52.1 Å². The summed E-state index contributed by atoms with van der Waals surface area (Å²) in [7, 11) is 0. The predicted molar refractivity (Wildman–Crippen MR) is 126 cm³/mol. The number of hydrazine groups is 1. The largest absolute Gasteiger partial charge is 0.352 e. The minimum atomic E-state index is -0.155. The molecule has 2 unspecified atom stereocenters. The van der Waals surface area contributed by atoms with Crippen LogP contribution in [0, 0.1) is 5.92 Å². The summed E-state index contributed by atoms with van der Waals surface area (Å²) in [4.78, 5) is 28.6. The van der Waals surface area contributed by atoms with Gasteiger partial charge in [-0.2, -0.15) is 0 Å². The van der Waals surface area contributed by atoms with Crippen molar-refractivity contribution in [2.24, 2.45) is 5.92 Å². The lowest BCUT2D eigenvalue weighted by Gasteiger charge is -2.33. The number of rotatable bonds is 6. The molecule has 1 amide bonds. The molecule has 2 atom stereocenters. The van der Waals surface area contributed by atoms with Crippen molar-refractivity contribution in [3.8, 4) is 11.1 Å². The summed E-state index contributed by atoms with van der Waals surface area (Å²) in [6.45, 7) is 10.3. The van der Waals surface area contributed by atoms with Crippen LogP contribution in [0.2, 0.25) is 0 Å². The van der Waals surface area contributed by atoms with Gasteiger partial charge >= 0.3 is 0 Å². The summed E-state index contributed by atoms with van der Waals surface area (Å²) in [6, 6.07) is 4.37. The van der Waals surface area contributed by atoms with E-state index in [0.29, 0.717) is 17.9 Å². The molecule has 0 saturated carbocycles. The Labute approximate surface area is 190 Å². The molecule has 0 aliphatic carbocycles. The van der Waals surface area contributed by atoms with Gasteiger partial charge in [-0.25, -0.2) is 15.4 Å². The SMILES string of the molecule is CC(C)c1nc(N2CCC(NC(=O)C3CC(C(C)C)NN3)CC2)ncc1-c1ccncc1. The number of pyridine rings is 1. The van der Waals surface area contributed by atoms with E-state index in [1.54, 1.807) is 12.4 Å². The van der Waals surface area contributed by atoms with E-state index in [0.717, 1.165) is 55.1 Å². The minimum absolute atomic E-state index is 0.0964. The van der Waals surface area contributed by atoms with Crippen molar-refractivity contribution >= 4 is 11.9 Å². The van der Waals surface area contributed by atoms with E-state index >= 15 is 0 Å². The number of carbonyl (C=O) groups excluding carboxylic acids is 1. The average Bonchev–Trinajstić information content (AvgIpc) is 3.31. The van der Waals surface area contributed by atoms with Crippen molar-refractivity contribution in [1.29, 1.82) is 0 Å². The average molecular weight is 438 g/mol. The van der Waals surface area contributed by atoms with Crippen LogP contribution >= 0.6 is 0 Å². The van der Waals surface area contributed by atoms with Crippen LogP contribution in [0.3, 0.4) is 0 Å². The topological polar surface area (TPSA) is 95.1 Å². The normalized spacial score (nSPS) is 22.0. The van der Waals surface area contributed by atoms with Crippen molar-refractivity contribution in [2.45, 2.75) is 71.0 Å². The molecule has 0 spiro atoms. The molecule has 2 saturated heterocycles. The van der Waals surface area contributed by atoms with Gasteiger partial charge in [-0.3, -0.25) is 15.2 Å². The highest BCUT2D eigenvalue weighted by Crippen LogP contribution is 2.29. The number of anilines is 1. The fourth-order valence-electron chi connectivity index (χ4n) is 4.45.